The third-order valence-corrected chi connectivity index (χ3v) is 8.72. The lowest BCUT2D eigenvalue weighted by Crippen LogP contribution is -2.22. The van der Waals surface area contributed by atoms with Crippen LogP contribution in [-0.4, -0.2) is 6.36 Å². The Kier molecular flexibility index (Phi) is 10.5. The smallest absolute Gasteiger partial charge is 0.429 e. The van der Waals surface area contributed by atoms with Gasteiger partial charge in [-0.15, -0.1) is 13.2 Å². The van der Waals surface area contributed by atoms with Crippen LogP contribution in [0.1, 0.15) is 75.3 Å². The minimum Gasteiger partial charge on any atom is -0.429 e. The van der Waals surface area contributed by atoms with Crippen LogP contribution in [0.15, 0.2) is 78.9 Å². The van der Waals surface area contributed by atoms with Gasteiger partial charge in [-0.25, -0.2) is 13.2 Å². The Labute approximate surface area is 268 Å². The van der Waals surface area contributed by atoms with Gasteiger partial charge in [0.15, 0.2) is 11.6 Å². The van der Waals surface area contributed by atoms with Crippen molar-refractivity contribution < 1.29 is 44.6 Å². The summed E-state index contributed by atoms with van der Waals surface area (Å²) < 4.78 is 120. The van der Waals surface area contributed by atoms with Gasteiger partial charge in [0.25, 0.3) is 0 Å². The Morgan fingerprint density at radius 2 is 1.23 bits per heavy atom. The first-order chi connectivity index (χ1) is 22.3. The highest BCUT2D eigenvalue weighted by atomic mass is 19.4. The standard InChI is InChI=1S/C37H34F8O2/c1-2-3-4-5-23-6-8-24(9-7-23)25-10-14-28(15-11-25)36(41,42)46-29-16-18-31(33(39)22-29)26-12-17-30(32(38)20-26)27-13-19-35(34(40)21-27)47-37(43,44)45/h10-24H,2-9H2,1H3. The van der Waals surface area contributed by atoms with Gasteiger partial charge in [-0.3, -0.25) is 0 Å². The maximum atomic E-state index is 15.1. The molecule has 0 N–H and O–H groups in total. The van der Waals surface area contributed by atoms with Crippen molar-refractivity contribution in [3.05, 3.63) is 107 Å². The molecule has 250 valence electrons. The van der Waals surface area contributed by atoms with Gasteiger partial charge < -0.3 is 9.47 Å². The van der Waals surface area contributed by atoms with Crippen molar-refractivity contribution >= 4 is 0 Å². The zero-order valence-electron chi connectivity index (χ0n) is 25.7. The predicted molar refractivity (Wildman–Crippen MR) is 164 cm³/mol. The van der Waals surface area contributed by atoms with Gasteiger partial charge in [-0.05, 0) is 96.7 Å². The zero-order valence-corrected chi connectivity index (χ0v) is 25.7. The van der Waals surface area contributed by atoms with E-state index in [1.165, 1.54) is 56.0 Å². The molecule has 1 saturated carbocycles. The molecule has 4 aromatic carbocycles. The minimum atomic E-state index is -5.10. The van der Waals surface area contributed by atoms with E-state index in [-0.39, 0.29) is 27.8 Å². The fourth-order valence-electron chi connectivity index (χ4n) is 6.21. The van der Waals surface area contributed by atoms with E-state index < -0.39 is 41.4 Å². The van der Waals surface area contributed by atoms with Crippen molar-refractivity contribution in [2.75, 3.05) is 0 Å². The van der Waals surface area contributed by atoms with E-state index in [0.717, 1.165) is 67.5 Å². The summed E-state index contributed by atoms with van der Waals surface area (Å²) in [5.41, 5.74) is 0.341. The highest BCUT2D eigenvalue weighted by molar-refractivity contribution is 5.72. The molecule has 2 nitrogen and oxygen atoms in total. The molecule has 1 aliphatic carbocycles. The first-order valence-corrected chi connectivity index (χ1v) is 15.7. The van der Waals surface area contributed by atoms with Crippen LogP contribution in [0.5, 0.6) is 11.5 Å². The van der Waals surface area contributed by atoms with Gasteiger partial charge >= 0.3 is 12.5 Å². The normalized spacial score (nSPS) is 17.0. The largest absolute Gasteiger partial charge is 0.573 e. The number of unbranched alkanes of at least 4 members (excludes halogenated alkanes) is 2. The molecule has 0 unspecified atom stereocenters. The van der Waals surface area contributed by atoms with E-state index in [1.54, 1.807) is 12.1 Å². The SMILES string of the molecule is CCCCCC1CCC(c2ccc(C(F)(F)Oc3ccc(-c4ccc(-c5ccc(OC(F)(F)F)c(F)c5)c(F)c4)c(F)c3)cc2)CC1. The molecule has 4 aromatic rings. The zero-order chi connectivity index (χ0) is 33.8. The molecule has 5 rings (SSSR count). The van der Waals surface area contributed by atoms with Crippen LogP contribution in [0.4, 0.5) is 35.1 Å². The molecular formula is C37H34F8O2. The van der Waals surface area contributed by atoms with Gasteiger partial charge in [0, 0.05) is 17.2 Å². The van der Waals surface area contributed by atoms with E-state index in [9.17, 15) is 22.0 Å². The fraction of sp³-hybridized carbons (Fsp3) is 0.351. The average molecular weight is 663 g/mol. The molecule has 0 heterocycles. The number of benzene rings is 4. The van der Waals surface area contributed by atoms with Crippen molar-refractivity contribution in [2.24, 2.45) is 5.92 Å². The van der Waals surface area contributed by atoms with Crippen LogP contribution < -0.4 is 9.47 Å². The Balaban J connectivity index is 1.23. The van der Waals surface area contributed by atoms with Crippen LogP contribution in [0.3, 0.4) is 0 Å². The topological polar surface area (TPSA) is 18.5 Å². The Hall–Kier alpha value is -4.08. The number of alkyl halides is 5. The second-order valence-electron chi connectivity index (χ2n) is 12.0. The van der Waals surface area contributed by atoms with Crippen LogP contribution >= 0.6 is 0 Å². The summed E-state index contributed by atoms with van der Waals surface area (Å²) in [6.45, 7) is 2.19. The molecule has 1 aliphatic rings. The second-order valence-corrected chi connectivity index (χ2v) is 12.0. The molecule has 0 aliphatic heterocycles. The molecule has 0 spiro atoms. The summed E-state index contributed by atoms with van der Waals surface area (Å²) in [4.78, 5) is 0. The lowest BCUT2D eigenvalue weighted by atomic mass is 9.77. The minimum absolute atomic E-state index is 0.0464. The van der Waals surface area contributed by atoms with Crippen molar-refractivity contribution in [1.29, 1.82) is 0 Å². The number of halogens is 8. The first kappa shape index (κ1) is 34.3. The molecule has 0 amide bonds. The van der Waals surface area contributed by atoms with Gasteiger partial charge in [0.2, 0.25) is 0 Å². The van der Waals surface area contributed by atoms with Crippen molar-refractivity contribution in [3.63, 3.8) is 0 Å². The monoisotopic (exact) mass is 662 g/mol. The van der Waals surface area contributed by atoms with E-state index in [0.29, 0.717) is 12.0 Å². The highest BCUT2D eigenvalue weighted by Gasteiger charge is 2.35. The summed E-state index contributed by atoms with van der Waals surface area (Å²) in [6.07, 6.45) is 0.475. The Bertz CT molecular complexity index is 1660. The van der Waals surface area contributed by atoms with E-state index in [1.807, 2.05) is 0 Å². The van der Waals surface area contributed by atoms with Gasteiger partial charge in [-0.2, -0.15) is 8.78 Å². The lowest BCUT2D eigenvalue weighted by molar-refractivity contribution is -0.275. The van der Waals surface area contributed by atoms with Crippen LogP contribution in [0.25, 0.3) is 22.3 Å². The molecule has 0 aromatic heterocycles. The van der Waals surface area contributed by atoms with Crippen LogP contribution in [-0.2, 0) is 6.11 Å². The number of hydrogen-bond donors (Lipinski definition) is 0. The Morgan fingerprint density at radius 3 is 1.81 bits per heavy atom. The second kappa shape index (κ2) is 14.4. The number of ether oxygens (including phenoxy) is 2. The lowest BCUT2D eigenvalue weighted by Gasteiger charge is -2.29. The van der Waals surface area contributed by atoms with E-state index in [2.05, 4.69) is 11.7 Å². The molecule has 0 saturated heterocycles. The van der Waals surface area contributed by atoms with Crippen molar-refractivity contribution in [1.82, 2.24) is 0 Å². The summed E-state index contributed by atoms with van der Waals surface area (Å²) in [7, 11) is 0. The third kappa shape index (κ3) is 8.64. The summed E-state index contributed by atoms with van der Waals surface area (Å²) in [5.74, 6) is -3.66. The maximum absolute atomic E-state index is 15.1. The predicted octanol–water partition coefficient (Wildman–Crippen LogP) is 12.3. The molecule has 0 radical (unpaired) electrons. The van der Waals surface area contributed by atoms with E-state index in [4.69, 9.17) is 4.74 Å². The van der Waals surface area contributed by atoms with Gasteiger partial charge in [-0.1, -0.05) is 62.9 Å². The van der Waals surface area contributed by atoms with E-state index >= 15 is 13.2 Å². The Morgan fingerprint density at radius 1 is 0.638 bits per heavy atom. The van der Waals surface area contributed by atoms with Gasteiger partial charge in [0.05, 0.1) is 5.56 Å². The fourth-order valence-corrected chi connectivity index (χ4v) is 6.21. The van der Waals surface area contributed by atoms with Crippen LogP contribution in [0, 0.1) is 23.4 Å². The molecule has 0 atom stereocenters. The first-order valence-electron chi connectivity index (χ1n) is 15.7. The average Bonchev–Trinajstić information content (AvgIpc) is 3.02. The van der Waals surface area contributed by atoms with Gasteiger partial charge in [0.1, 0.15) is 17.4 Å². The molecule has 1 fully saturated rings. The maximum Gasteiger partial charge on any atom is 0.573 e. The summed E-state index contributed by atoms with van der Waals surface area (Å²) >= 11 is 0. The molecule has 10 heteroatoms. The summed E-state index contributed by atoms with van der Waals surface area (Å²) in [6, 6.07) is 15.1. The quantitative estimate of drug-likeness (QED) is 0.118. The number of rotatable bonds is 11. The van der Waals surface area contributed by atoms with Crippen LogP contribution in [0.2, 0.25) is 0 Å². The van der Waals surface area contributed by atoms with Crippen molar-refractivity contribution in [2.45, 2.75) is 76.7 Å². The third-order valence-electron chi connectivity index (χ3n) is 8.72. The molecule has 0 bridgehead atoms. The molecule has 47 heavy (non-hydrogen) atoms. The number of hydrogen-bond acceptors (Lipinski definition) is 2. The summed E-state index contributed by atoms with van der Waals surface area (Å²) in [5, 5.41) is 0. The van der Waals surface area contributed by atoms with Crippen molar-refractivity contribution in [3.8, 4) is 33.8 Å². The highest BCUT2D eigenvalue weighted by Crippen LogP contribution is 2.40. The molecular weight excluding hydrogens is 628 g/mol.